The molecule has 0 spiro atoms. The maximum atomic E-state index is 11.5. The molecule has 3 nitrogen and oxygen atoms in total. The second-order valence-electron chi connectivity index (χ2n) is 4.40. The molecule has 0 bridgehead atoms. The standard InChI is InChI=1S/C14H16N2O/c1-11(2)12-6-7-13(15-9-12)10-16-8-4-3-5-14(16)17/h3-9,11H,10H2,1-2H3. The van der Waals surface area contributed by atoms with Crippen LogP contribution in [0.4, 0.5) is 0 Å². The molecule has 0 amide bonds. The Balaban J connectivity index is 2.20. The van der Waals surface area contributed by atoms with Gasteiger partial charge < -0.3 is 4.57 Å². The van der Waals surface area contributed by atoms with E-state index in [-0.39, 0.29) is 5.56 Å². The molecule has 0 saturated carbocycles. The average molecular weight is 228 g/mol. The zero-order valence-electron chi connectivity index (χ0n) is 10.1. The highest BCUT2D eigenvalue weighted by atomic mass is 16.1. The average Bonchev–Trinajstić information content (AvgIpc) is 2.33. The molecule has 2 heterocycles. The second kappa shape index (κ2) is 4.95. The van der Waals surface area contributed by atoms with Crippen LogP contribution in [0.5, 0.6) is 0 Å². The number of nitrogens with zero attached hydrogens (tertiary/aromatic N) is 2. The van der Waals surface area contributed by atoms with Gasteiger partial charge >= 0.3 is 0 Å². The fraction of sp³-hybridized carbons (Fsp3) is 0.286. The summed E-state index contributed by atoms with van der Waals surface area (Å²) in [6.45, 7) is 4.80. The van der Waals surface area contributed by atoms with Gasteiger partial charge in [0.15, 0.2) is 0 Å². The van der Waals surface area contributed by atoms with Crippen LogP contribution in [0.2, 0.25) is 0 Å². The van der Waals surface area contributed by atoms with Crippen molar-refractivity contribution < 1.29 is 0 Å². The predicted octanol–water partition coefficient (Wildman–Crippen LogP) is 2.42. The Morgan fingerprint density at radius 1 is 1.24 bits per heavy atom. The highest BCUT2D eigenvalue weighted by Crippen LogP contribution is 2.12. The first-order valence-electron chi connectivity index (χ1n) is 5.77. The van der Waals surface area contributed by atoms with Gasteiger partial charge in [-0.05, 0) is 23.6 Å². The molecule has 3 heteroatoms. The maximum absolute atomic E-state index is 11.5. The fourth-order valence-corrected chi connectivity index (χ4v) is 1.64. The largest absolute Gasteiger partial charge is 0.310 e. The molecule has 0 aliphatic carbocycles. The van der Waals surface area contributed by atoms with Crippen molar-refractivity contribution in [2.75, 3.05) is 0 Å². The lowest BCUT2D eigenvalue weighted by Gasteiger charge is -2.07. The molecule has 0 N–H and O–H groups in total. The summed E-state index contributed by atoms with van der Waals surface area (Å²) < 4.78 is 1.65. The third-order valence-corrected chi connectivity index (χ3v) is 2.75. The first kappa shape index (κ1) is 11.6. The highest BCUT2D eigenvalue weighted by Gasteiger charge is 2.01. The summed E-state index contributed by atoms with van der Waals surface area (Å²) >= 11 is 0. The molecule has 0 aliphatic heterocycles. The summed E-state index contributed by atoms with van der Waals surface area (Å²) in [6, 6.07) is 9.20. The zero-order valence-corrected chi connectivity index (χ0v) is 10.1. The molecule has 2 rings (SSSR count). The molecule has 0 fully saturated rings. The van der Waals surface area contributed by atoms with E-state index in [1.807, 2.05) is 18.3 Å². The van der Waals surface area contributed by atoms with E-state index in [9.17, 15) is 4.79 Å². The lowest BCUT2D eigenvalue weighted by atomic mass is 10.1. The Morgan fingerprint density at radius 3 is 2.65 bits per heavy atom. The Hall–Kier alpha value is -1.90. The summed E-state index contributed by atoms with van der Waals surface area (Å²) in [6.07, 6.45) is 3.66. The lowest BCUT2D eigenvalue weighted by molar-refractivity contribution is 0.735. The number of hydrogen-bond donors (Lipinski definition) is 0. The van der Waals surface area contributed by atoms with Gasteiger partial charge in [-0.25, -0.2) is 0 Å². The van der Waals surface area contributed by atoms with E-state index in [0.29, 0.717) is 12.5 Å². The monoisotopic (exact) mass is 228 g/mol. The maximum Gasteiger partial charge on any atom is 0.250 e. The Bertz CT molecular complexity index is 541. The molecule has 88 valence electrons. The van der Waals surface area contributed by atoms with Crippen LogP contribution in [-0.2, 0) is 6.54 Å². The van der Waals surface area contributed by atoms with Crippen molar-refractivity contribution in [3.05, 3.63) is 64.3 Å². The van der Waals surface area contributed by atoms with Crippen molar-refractivity contribution in [3.63, 3.8) is 0 Å². The SMILES string of the molecule is CC(C)c1ccc(Cn2ccccc2=O)nc1. The normalized spacial score (nSPS) is 10.8. The van der Waals surface area contributed by atoms with Crippen molar-refractivity contribution in [3.8, 4) is 0 Å². The van der Waals surface area contributed by atoms with E-state index < -0.39 is 0 Å². The van der Waals surface area contributed by atoms with E-state index in [1.165, 1.54) is 5.56 Å². The molecule has 0 radical (unpaired) electrons. The summed E-state index contributed by atoms with van der Waals surface area (Å²) in [4.78, 5) is 15.9. The molecular formula is C14H16N2O. The minimum absolute atomic E-state index is 0.00207. The lowest BCUT2D eigenvalue weighted by Crippen LogP contribution is -2.18. The third-order valence-electron chi connectivity index (χ3n) is 2.75. The first-order valence-corrected chi connectivity index (χ1v) is 5.77. The fourth-order valence-electron chi connectivity index (χ4n) is 1.64. The van der Waals surface area contributed by atoms with E-state index in [2.05, 4.69) is 24.9 Å². The predicted molar refractivity (Wildman–Crippen MR) is 68.1 cm³/mol. The van der Waals surface area contributed by atoms with Gasteiger partial charge in [0, 0.05) is 18.5 Å². The summed E-state index contributed by atoms with van der Waals surface area (Å²) in [5.41, 5.74) is 2.12. The molecule has 2 aromatic heterocycles. The van der Waals surface area contributed by atoms with Crippen LogP contribution in [-0.4, -0.2) is 9.55 Å². The van der Waals surface area contributed by atoms with Crippen LogP contribution in [0.25, 0.3) is 0 Å². The van der Waals surface area contributed by atoms with E-state index in [0.717, 1.165) is 5.69 Å². The van der Waals surface area contributed by atoms with Gasteiger partial charge in [-0.15, -0.1) is 0 Å². The van der Waals surface area contributed by atoms with Gasteiger partial charge in [-0.2, -0.15) is 0 Å². The van der Waals surface area contributed by atoms with Gasteiger partial charge in [0.05, 0.1) is 12.2 Å². The van der Waals surface area contributed by atoms with Crippen molar-refractivity contribution in [1.29, 1.82) is 0 Å². The Morgan fingerprint density at radius 2 is 2.06 bits per heavy atom. The van der Waals surface area contributed by atoms with Crippen molar-refractivity contribution in [2.45, 2.75) is 26.3 Å². The molecule has 0 aliphatic rings. The van der Waals surface area contributed by atoms with Gasteiger partial charge in [0.2, 0.25) is 0 Å². The third kappa shape index (κ3) is 2.81. The molecule has 2 aromatic rings. The minimum atomic E-state index is 0.00207. The molecular weight excluding hydrogens is 212 g/mol. The number of pyridine rings is 2. The molecule has 0 aromatic carbocycles. The van der Waals surface area contributed by atoms with Gasteiger partial charge in [0.1, 0.15) is 0 Å². The van der Waals surface area contributed by atoms with E-state index in [1.54, 1.807) is 22.9 Å². The van der Waals surface area contributed by atoms with Crippen LogP contribution in [0.15, 0.2) is 47.5 Å². The summed E-state index contributed by atoms with van der Waals surface area (Å²) in [7, 11) is 0. The van der Waals surface area contributed by atoms with Crippen LogP contribution < -0.4 is 5.56 Å². The van der Waals surface area contributed by atoms with Crippen molar-refractivity contribution in [2.24, 2.45) is 0 Å². The van der Waals surface area contributed by atoms with Crippen LogP contribution in [0.1, 0.15) is 31.0 Å². The van der Waals surface area contributed by atoms with E-state index in [4.69, 9.17) is 0 Å². The number of hydrogen-bond acceptors (Lipinski definition) is 2. The van der Waals surface area contributed by atoms with Crippen LogP contribution >= 0.6 is 0 Å². The van der Waals surface area contributed by atoms with Crippen molar-refractivity contribution in [1.82, 2.24) is 9.55 Å². The molecule has 0 saturated heterocycles. The minimum Gasteiger partial charge on any atom is -0.310 e. The van der Waals surface area contributed by atoms with Crippen LogP contribution in [0, 0.1) is 0 Å². The topological polar surface area (TPSA) is 34.9 Å². The number of aromatic nitrogens is 2. The number of rotatable bonds is 3. The van der Waals surface area contributed by atoms with Gasteiger partial charge in [-0.1, -0.05) is 26.0 Å². The summed E-state index contributed by atoms with van der Waals surface area (Å²) in [5, 5.41) is 0. The second-order valence-corrected chi connectivity index (χ2v) is 4.40. The Kier molecular flexibility index (Phi) is 3.38. The van der Waals surface area contributed by atoms with E-state index >= 15 is 0 Å². The Labute approximate surface area is 101 Å². The molecule has 0 unspecified atom stereocenters. The van der Waals surface area contributed by atoms with Crippen LogP contribution in [0.3, 0.4) is 0 Å². The van der Waals surface area contributed by atoms with Gasteiger partial charge in [-0.3, -0.25) is 9.78 Å². The first-order chi connectivity index (χ1) is 8.16. The zero-order chi connectivity index (χ0) is 12.3. The van der Waals surface area contributed by atoms with Gasteiger partial charge in [0.25, 0.3) is 5.56 Å². The quantitative estimate of drug-likeness (QED) is 0.808. The highest BCUT2D eigenvalue weighted by molar-refractivity contribution is 5.17. The smallest absolute Gasteiger partial charge is 0.250 e. The van der Waals surface area contributed by atoms with Crippen molar-refractivity contribution >= 4 is 0 Å². The summed E-state index contributed by atoms with van der Waals surface area (Å²) in [5.74, 6) is 0.482. The molecule has 0 atom stereocenters. The molecule has 17 heavy (non-hydrogen) atoms.